The van der Waals surface area contributed by atoms with Gasteiger partial charge in [-0.25, -0.2) is 9.59 Å². The van der Waals surface area contributed by atoms with Crippen LogP contribution in [0, 0.1) is 0 Å². The Balaban J connectivity index is 1.64. The maximum atomic E-state index is 11.9. The van der Waals surface area contributed by atoms with Gasteiger partial charge in [0, 0.05) is 11.5 Å². The Labute approximate surface area is 160 Å². The van der Waals surface area contributed by atoms with Gasteiger partial charge in [-0.05, 0) is 24.3 Å². The zero-order valence-corrected chi connectivity index (χ0v) is 15.6. The molecule has 0 aliphatic carbocycles. The molecule has 138 valence electrons. The summed E-state index contributed by atoms with van der Waals surface area (Å²) in [6.07, 6.45) is 0. The fraction of sp³-hybridized carbons (Fsp3) is 0.222. The smallest absolute Gasteiger partial charge is 0.329 e. The van der Waals surface area contributed by atoms with Crippen LogP contribution in [-0.2, 0) is 9.59 Å². The lowest BCUT2D eigenvalue weighted by molar-refractivity contribution is -0.136. The maximum absolute atomic E-state index is 11.9. The minimum absolute atomic E-state index is 0.344. The first kappa shape index (κ1) is 20.3. The molecule has 2 rings (SSSR count). The zero-order chi connectivity index (χ0) is 18.8. The van der Waals surface area contributed by atoms with Crippen molar-refractivity contribution >= 4 is 33.5 Å². The molecule has 2 aromatic carbocycles. The van der Waals surface area contributed by atoms with Crippen molar-refractivity contribution in [1.29, 1.82) is 0 Å². The highest BCUT2D eigenvalue weighted by molar-refractivity contribution is 8.76. The fourth-order valence-corrected chi connectivity index (χ4v) is 3.95. The molecule has 0 radical (unpaired) electrons. The van der Waals surface area contributed by atoms with Crippen molar-refractivity contribution in [3.8, 4) is 11.5 Å². The van der Waals surface area contributed by atoms with Crippen LogP contribution in [0.15, 0.2) is 60.7 Å². The van der Waals surface area contributed by atoms with Gasteiger partial charge in [-0.2, -0.15) is 0 Å². The molecule has 0 aliphatic heterocycles. The van der Waals surface area contributed by atoms with Crippen LogP contribution in [0.25, 0.3) is 0 Å². The molecule has 0 heterocycles. The first-order valence-electron chi connectivity index (χ1n) is 7.85. The number of benzene rings is 2. The largest absolute Gasteiger partial charge is 0.425 e. The van der Waals surface area contributed by atoms with Crippen molar-refractivity contribution in [2.24, 2.45) is 11.5 Å². The summed E-state index contributed by atoms with van der Waals surface area (Å²) in [5.74, 6) is 0.592. The van der Waals surface area contributed by atoms with Crippen molar-refractivity contribution in [3.63, 3.8) is 0 Å². The third kappa shape index (κ3) is 7.09. The highest BCUT2D eigenvalue weighted by Gasteiger charge is 2.19. The predicted octanol–water partition coefficient (Wildman–Crippen LogP) is 2.23. The summed E-state index contributed by atoms with van der Waals surface area (Å²) in [5, 5.41) is 0. The van der Waals surface area contributed by atoms with E-state index in [1.165, 1.54) is 21.6 Å². The molecule has 0 bridgehead atoms. The standard InChI is InChI=1S/C18H20N2O4S2/c19-15(17(21)23-13-7-3-1-4-8-13)11-25-26-12-16(20)18(22)24-14-9-5-2-6-10-14/h1-10,15-16H,11-12,19-20H2/t15-,16-/m0/s1. The Kier molecular flexibility index (Phi) is 8.49. The van der Waals surface area contributed by atoms with E-state index < -0.39 is 24.0 Å². The summed E-state index contributed by atoms with van der Waals surface area (Å²) in [6.45, 7) is 0. The van der Waals surface area contributed by atoms with Crippen molar-refractivity contribution in [1.82, 2.24) is 0 Å². The van der Waals surface area contributed by atoms with Gasteiger partial charge >= 0.3 is 11.9 Å². The van der Waals surface area contributed by atoms with Crippen molar-refractivity contribution in [2.75, 3.05) is 11.5 Å². The monoisotopic (exact) mass is 392 g/mol. The third-order valence-electron chi connectivity index (χ3n) is 3.11. The summed E-state index contributed by atoms with van der Waals surface area (Å²) in [5.41, 5.74) is 11.6. The Morgan fingerprint density at radius 3 is 1.42 bits per heavy atom. The fourth-order valence-electron chi connectivity index (χ4n) is 1.74. The number of esters is 2. The number of para-hydroxylation sites is 2. The predicted molar refractivity (Wildman–Crippen MR) is 105 cm³/mol. The number of rotatable bonds is 9. The summed E-state index contributed by atoms with van der Waals surface area (Å²) < 4.78 is 10.3. The second kappa shape index (κ2) is 10.9. The van der Waals surface area contributed by atoms with Crippen LogP contribution in [0.4, 0.5) is 0 Å². The van der Waals surface area contributed by atoms with Crippen LogP contribution >= 0.6 is 21.6 Å². The van der Waals surface area contributed by atoms with Gasteiger partial charge in [0.05, 0.1) is 0 Å². The topological polar surface area (TPSA) is 105 Å². The van der Waals surface area contributed by atoms with Crippen LogP contribution in [0.1, 0.15) is 0 Å². The summed E-state index contributed by atoms with van der Waals surface area (Å²) in [6, 6.07) is 16.0. The van der Waals surface area contributed by atoms with Crippen LogP contribution < -0.4 is 20.9 Å². The molecular formula is C18H20N2O4S2. The van der Waals surface area contributed by atoms with Gasteiger partial charge < -0.3 is 20.9 Å². The lowest BCUT2D eigenvalue weighted by Crippen LogP contribution is -2.37. The van der Waals surface area contributed by atoms with E-state index in [0.29, 0.717) is 23.0 Å². The molecule has 0 spiro atoms. The Morgan fingerprint density at radius 2 is 1.08 bits per heavy atom. The normalized spacial score (nSPS) is 12.8. The third-order valence-corrected chi connectivity index (χ3v) is 5.58. The molecule has 0 aliphatic rings. The lowest BCUT2D eigenvalue weighted by Gasteiger charge is -2.12. The summed E-state index contributed by atoms with van der Waals surface area (Å²) in [7, 11) is 2.71. The maximum Gasteiger partial charge on any atom is 0.329 e. The second-order valence-corrected chi connectivity index (χ2v) is 7.80. The molecule has 0 saturated heterocycles. The van der Waals surface area contributed by atoms with Gasteiger partial charge in [0.1, 0.15) is 23.6 Å². The SMILES string of the molecule is N[C@@H](CSSC[C@H](N)C(=O)Oc1ccccc1)C(=O)Oc1ccccc1. The van der Waals surface area contributed by atoms with E-state index in [2.05, 4.69) is 0 Å². The number of hydrogen-bond acceptors (Lipinski definition) is 8. The van der Waals surface area contributed by atoms with Gasteiger partial charge in [-0.15, -0.1) is 0 Å². The number of hydrogen-bond donors (Lipinski definition) is 2. The molecule has 0 fully saturated rings. The van der Waals surface area contributed by atoms with E-state index in [4.69, 9.17) is 20.9 Å². The number of carbonyl (C=O) groups excluding carboxylic acids is 2. The molecule has 4 N–H and O–H groups in total. The number of ether oxygens (including phenoxy) is 2. The van der Waals surface area contributed by atoms with Crippen molar-refractivity contribution in [2.45, 2.75) is 12.1 Å². The van der Waals surface area contributed by atoms with Crippen LogP contribution in [-0.4, -0.2) is 35.5 Å². The Morgan fingerprint density at radius 1 is 0.731 bits per heavy atom. The first-order valence-corrected chi connectivity index (χ1v) is 10.3. The van der Waals surface area contributed by atoms with Crippen LogP contribution in [0.3, 0.4) is 0 Å². The number of carbonyl (C=O) groups is 2. The van der Waals surface area contributed by atoms with E-state index >= 15 is 0 Å². The molecular weight excluding hydrogens is 372 g/mol. The Hall–Kier alpha value is -2.00. The molecule has 8 heteroatoms. The minimum atomic E-state index is -0.764. The van der Waals surface area contributed by atoms with Crippen LogP contribution in [0.2, 0.25) is 0 Å². The van der Waals surface area contributed by atoms with E-state index in [0.717, 1.165) is 0 Å². The van der Waals surface area contributed by atoms with Gasteiger partial charge in [-0.3, -0.25) is 0 Å². The van der Waals surface area contributed by atoms with E-state index in [1.807, 2.05) is 12.1 Å². The van der Waals surface area contributed by atoms with Crippen molar-refractivity contribution in [3.05, 3.63) is 60.7 Å². The molecule has 2 aromatic rings. The molecule has 0 amide bonds. The van der Waals surface area contributed by atoms with Gasteiger partial charge in [0.2, 0.25) is 0 Å². The molecule has 2 atom stereocenters. The van der Waals surface area contributed by atoms with E-state index in [9.17, 15) is 9.59 Å². The quantitative estimate of drug-likeness (QED) is 0.290. The summed E-state index contributed by atoms with van der Waals surface area (Å²) >= 11 is 0. The van der Waals surface area contributed by atoms with Crippen molar-refractivity contribution < 1.29 is 19.1 Å². The van der Waals surface area contributed by atoms with Gasteiger partial charge in [-0.1, -0.05) is 58.0 Å². The van der Waals surface area contributed by atoms with Crippen LogP contribution in [0.5, 0.6) is 11.5 Å². The van der Waals surface area contributed by atoms with E-state index in [1.54, 1.807) is 48.5 Å². The van der Waals surface area contributed by atoms with E-state index in [-0.39, 0.29) is 0 Å². The summed E-state index contributed by atoms with van der Waals surface area (Å²) in [4.78, 5) is 23.8. The lowest BCUT2D eigenvalue weighted by atomic mass is 10.3. The zero-order valence-electron chi connectivity index (χ0n) is 13.9. The second-order valence-electron chi connectivity index (χ2n) is 5.25. The highest BCUT2D eigenvalue weighted by Crippen LogP contribution is 2.23. The minimum Gasteiger partial charge on any atom is -0.425 e. The highest BCUT2D eigenvalue weighted by atomic mass is 33.1. The average molecular weight is 393 g/mol. The molecule has 0 saturated carbocycles. The molecule has 0 unspecified atom stereocenters. The molecule has 0 aromatic heterocycles. The Bertz CT molecular complexity index is 639. The molecule has 6 nitrogen and oxygen atoms in total. The first-order chi connectivity index (χ1) is 12.6. The average Bonchev–Trinajstić information content (AvgIpc) is 2.66. The number of nitrogens with two attached hydrogens (primary N) is 2. The van der Waals surface area contributed by atoms with Gasteiger partial charge in [0.15, 0.2) is 0 Å². The molecule has 26 heavy (non-hydrogen) atoms. The van der Waals surface area contributed by atoms with Gasteiger partial charge in [0.25, 0.3) is 0 Å².